The molecule has 3 N–H and O–H groups in total. The fourth-order valence-corrected chi connectivity index (χ4v) is 2.11. The van der Waals surface area contributed by atoms with Crippen LogP contribution in [0.2, 0.25) is 0 Å². The van der Waals surface area contributed by atoms with Crippen molar-refractivity contribution in [3.8, 4) is 0 Å². The zero-order chi connectivity index (χ0) is 15.2. The van der Waals surface area contributed by atoms with Crippen molar-refractivity contribution in [2.75, 3.05) is 16.8 Å². The highest BCUT2D eigenvalue weighted by Crippen LogP contribution is 2.17. The summed E-state index contributed by atoms with van der Waals surface area (Å²) in [5.41, 5.74) is 8.50. The summed E-state index contributed by atoms with van der Waals surface area (Å²) in [5, 5.41) is 2.90. The number of carbonyl (C=O) groups excluding carboxylic acids is 1. The number of rotatable bonds is 4. The van der Waals surface area contributed by atoms with Crippen LogP contribution in [-0.4, -0.2) is 12.6 Å². The lowest BCUT2D eigenvalue weighted by Crippen LogP contribution is -2.34. The summed E-state index contributed by atoms with van der Waals surface area (Å²) in [6, 6.07) is 17.1. The Balaban J connectivity index is 2.09. The molecule has 1 unspecified atom stereocenters. The van der Waals surface area contributed by atoms with Gasteiger partial charge in [0.15, 0.2) is 0 Å². The second-order valence-corrected chi connectivity index (χ2v) is 4.92. The van der Waals surface area contributed by atoms with Crippen LogP contribution < -0.4 is 16.0 Å². The van der Waals surface area contributed by atoms with E-state index in [0.717, 1.165) is 16.9 Å². The number of amides is 2. The third-order valence-electron chi connectivity index (χ3n) is 3.32. The van der Waals surface area contributed by atoms with E-state index in [9.17, 15) is 4.79 Å². The van der Waals surface area contributed by atoms with Crippen LogP contribution in [0.1, 0.15) is 25.5 Å². The van der Waals surface area contributed by atoms with Gasteiger partial charge >= 0.3 is 6.03 Å². The van der Waals surface area contributed by atoms with Crippen LogP contribution in [0.5, 0.6) is 0 Å². The summed E-state index contributed by atoms with van der Waals surface area (Å²) in [7, 11) is 0. The summed E-state index contributed by atoms with van der Waals surface area (Å²) >= 11 is 0. The minimum Gasteiger partial charge on any atom is -0.324 e. The highest BCUT2D eigenvalue weighted by atomic mass is 16.2. The number of carbonyl (C=O) groups is 1. The number of nitrogens with two attached hydrogens (primary N) is 1. The fraction of sp³-hybridized carbons (Fsp3) is 0.235. The van der Waals surface area contributed by atoms with Gasteiger partial charge in [0.25, 0.3) is 0 Å². The molecule has 0 bridgehead atoms. The molecular formula is C17H21N3O. The molecule has 0 heterocycles. The lowest BCUT2D eigenvalue weighted by Gasteiger charge is -2.21. The van der Waals surface area contributed by atoms with Crippen LogP contribution in [0, 0.1) is 0 Å². The number of urea groups is 1. The number of anilines is 2. The first-order valence-electron chi connectivity index (χ1n) is 7.11. The Labute approximate surface area is 125 Å². The smallest absolute Gasteiger partial charge is 0.324 e. The van der Waals surface area contributed by atoms with Gasteiger partial charge in [-0.25, -0.2) is 4.79 Å². The number of para-hydroxylation sites is 1. The first-order chi connectivity index (χ1) is 10.1. The first-order valence-corrected chi connectivity index (χ1v) is 7.11. The Bertz CT molecular complexity index is 579. The quantitative estimate of drug-likeness (QED) is 0.897. The van der Waals surface area contributed by atoms with Crippen LogP contribution in [0.4, 0.5) is 16.2 Å². The predicted octanol–water partition coefficient (Wildman–Crippen LogP) is 3.76. The molecule has 0 fully saturated rings. The molecule has 2 amide bonds. The predicted molar refractivity (Wildman–Crippen MR) is 87.5 cm³/mol. The summed E-state index contributed by atoms with van der Waals surface area (Å²) < 4.78 is 0. The lowest BCUT2D eigenvalue weighted by molar-refractivity contribution is 0.257. The monoisotopic (exact) mass is 283 g/mol. The molecule has 1 atom stereocenters. The number of hydrogen-bond donors (Lipinski definition) is 2. The molecule has 2 aromatic rings. The molecule has 0 saturated heterocycles. The molecule has 0 aliphatic carbocycles. The molecule has 0 saturated carbocycles. The third-order valence-corrected chi connectivity index (χ3v) is 3.32. The zero-order valence-electron chi connectivity index (χ0n) is 12.4. The van der Waals surface area contributed by atoms with E-state index in [-0.39, 0.29) is 12.1 Å². The summed E-state index contributed by atoms with van der Waals surface area (Å²) in [6.07, 6.45) is 0. The van der Waals surface area contributed by atoms with E-state index in [1.54, 1.807) is 4.90 Å². The lowest BCUT2D eigenvalue weighted by atomic mass is 10.1. The largest absolute Gasteiger partial charge is 0.326 e. The maximum absolute atomic E-state index is 12.4. The Morgan fingerprint density at radius 1 is 1.14 bits per heavy atom. The number of nitrogens with zero attached hydrogens (tertiary/aromatic N) is 1. The zero-order valence-corrected chi connectivity index (χ0v) is 12.4. The van der Waals surface area contributed by atoms with Crippen LogP contribution in [0.15, 0.2) is 54.6 Å². The van der Waals surface area contributed by atoms with Gasteiger partial charge in [-0.3, -0.25) is 4.90 Å². The second kappa shape index (κ2) is 6.90. The second-order valence-electron chi connectivity index (χ2n) is 4.92. The number of benzene rings is 2. The van der Waals surface area contributed by atoms with E-state index < -0.39 is 0 Å². The van der Waals surface area contributed by atoms with E-state index in [2.05, 4.69) is 5.32 Å². The molecule has 0 aliphatic heterocycles. The summed E-state index contributed by atoms with van der Waals surface area (Å²) in [6.45, 7) is 4.49. The molecule has 0 aliphatic rings. The fourth-order valence-electron chi connectivity index (χ4n) is 2.11. The van der Waals surface area contributed by atoms with Gasteiger partial charge in [0.1, 0.15) is 0 Å². The van der Waals surface area contributed by atoms with Crippen LogP contribution in [0.25, 0.3) is 0 Å². The van der Waals surface area contributed by atoms with Crippen LogP contribution in [-0.2, 0) is 0 Å². The average Bonchev–Trinajstić information content (AvgIpc) is 2.49. The minimum absolute atomic E-state index is 0.00814. The van der Waals surface area contributed by atoms with Gasteiger partial charge in [-0.1, -0.05) is 30.3 Å². The summed E-state index contributed by atoms with van der Waals surface area (Å²) in [5.74, 6) is 0. The molecule has 110 valence electrons. The van der Waals surface area contributed by atoms with Gasteiger partial charge in [-0.15, -0.1) is 0 Å². The van der Waals surface area contributed by atoms with Crippen LogP contribution >= 0.6 is 0 Å². The van der Waals surface area contributed by atoms with Crippen molar-refractivity contribution in [2.24, 2.45) is 5.73 Å². The Morgan fingerprint density at radius 2 is 1.76 bits per heavy atom. The summed E-state index contributed by atoms with van der Waals surface area (Å²) in [4.78, 5) is 14.0. The third kappa shape index (κ3) is 3.83. The van der Waals surface area contributed by atoms with Gasteiger partial charge in [-0.2, -0.15) is 0 Å². The van der Waals surface area contributed by atoms with Crippen molar-refractivity contribution in [3.63, 3.8) is 0 Å². The average molecular weight is 283 g/mol. The molecule has 4 nitrogen and oxygen atoms in total. The van der Waals surface area contributed by atoms with Gasteiger partial charge in [0.05, 0.1) is 0 Å². The number of nitrogens with one attached hydrogen (secondary N) is 1. The van der Waals surface area contributed by atoms with Crippen molar-refractivity contribution >= 4 is 17.4 Å². The van der Waals surface area contributed by atoms with Crippen molar-refractivity contribution in [1.82, 2.24) is 0 Å². The van der Waals surface area contributed by atoms with Crippen molar-refractivity contribution in [1.29, 1.82) is 0 Å². The maximum Gasteiger partial charge on any atom is 0.326 e. The van der Waals surface area contributed by atoms with E-state index >= 15 is 0 Å². The van der Waals surface area contributed by atoms with Gasteiger partial charge in [0.2, 0.25) is 0 Å². The van der Waals surface area contributed by atoms with Crippen molar-refractivity contribution in [2.45, 2.75) is 19.9 Å². The maximum atomic E-state index is 12.4. The molecule has 4 heteroatoms. The molecule has 2 rings (SSSR count). The van der Waals surface area contributed by atoms with Crippen LogP contribution in [0.3, 0.4) is 0 Å². The Morgan fingerprint density at radius 3 is 2.29 bits per heavy atom. The standard InChI is InChI=1S/C17H21N3O/c1-3-20(16-7-5-4-6-8-16)17(21)19-15-11-9-14(10-12-15)13(2)18/h4-13H,3,18H2,1-2H3,(H,19,21). The Kier molecular flexibility index (Phi) is 4.95. The van der Waals surface area contributed by atoms with E-state index in [4.69, 9.17) is 5.73 Å². The molecule has 0 spiro atoms. The van der Waals surface area contributed by atoms with Crippen molar-refractivity contribution < 1.29 is 4.79 Å². The molecule has 2 aromatic carbocycles. The topological polar surface area (TPSA) is 58.4 Å². The highest BCUT2D eigenvalue weighted by molar-refractivity contribution is 6.01. The van der Waals surface area contributed by atoms with Gasteiger partial charge < -0.3 is 11.1 Å². The van der Waals surface area contributed by atoms with Crippen molar-refractivity contribution in [3.05, 3.63) is 60.2 Å². The normalized spacial score (nSPS) is 11.8. The molecule has 0 radical (unpaired) electrons. The first kappa shape index (κ1) is 15.1. The SMILES string of the molecule is CCN(C(=O)Nc1ccc(C(C)N)cc1)c1ccccc1. The van der Waals surface area contributed by atoms with Gasteiger partial charge in [-0.05, 0) is 43.7 Å². The van der Waals surface area contributed by atoms with E-state index in [1.165, 1.54) is 0 Å². The molecule has 0 aromatic heterocycles. The van der Waals surface area contributed by atoms with E-state index in [1.807, 2.05) is 68.4 Å². The highest BCUT2D eigenvalue weighted by Gasteiger charge is 2.13. The molecular weight excluding hydrogens is 262 g/mol. The van der Waals surface area contributed by atoms with Gasteiger partial charge in [0, 0.05) is 24.0 Å². The Hall–Kier alpha value is -2.33. The minimum atomic E-state index is -0.141. The number of hydrogen-bond acceptors (Lipinski definition) is 2. The van der Waals surface area contributed by atoms with E-state index in [0.29, 0.717) is 6.54 Å². The molecule has 21 heavy (non-hydrogen) atoms.